The molecule has 0 bridgehead atoms. The molecule has 8 heteroatoms. The molecule has 0 unspecified atom stereocenters. The van der Waals surface area contributed by atoms with E-state index in [0.29, 0.717) is 5.69 Å². The van der Waals surface area contributed by atoms with Crippen molar-refractivity contribution in [2.24, 2.45) is 0 Å². The van der Waals surface area contributed by atoms with Crippen LogP contribution < -0.4 is 10.0 Å². The van der Waals surface area contributed by atoms with Crippen molar-refractivity contribution in [3.05, 3.63) is 87.7 Å². The zero-order valence-electron chi connectivity index (χ0n) is 13.8. The molecule has 1 amide bonds. The van der Waals surface area contributed by atoms with Crippen molar-refractivity contribution in [3.63, 3.8) is 0 Å². The summed E-state index contributed by atoms with van der Waals surface area (Å²) >= 11 is 2.16. The molecule has 0 saturated carbocycles. The van der Waals surface area contributed by atoms with Gasteiger partial charge in [-0.3, -0.25) is 9.52 Å². The van der Waals surface area contributed by atoms with E-state index in [0.717, 1.165) is 27.8 Å². The van der Waals surface area contributed by atoms with Crippen LogP contribution in [0.15, 0.2) is 77.7 Å². The smallest absolute Gasteiger partial charge is 0.261 e. The van der Waals surface area contributed by atoms with E-state index >= 15 is 0 Å². The number of sulfonamides is 1. The van der Waals surface area contributed by atoms with Crippen molar-refractivity contribution >= 4 is 49.9 Å². The minimum Gasteiger partial charge on any atom is -0.322 e. The van der Waals surface area contributed by atoms with E-state index in [4.69, 9.17) is 0 Å². The lowest BCUT2D eigenvalue weighted by molar-refractivity contribution is 0.102. The minimum absolute atomic E-state index is 0.100. The molecule has 2 N–H and O–H groups in total. The summed E-state index contributed by atoms with van der Waals surface area (Å²) in [5, 5.41) is 2.73. The van der Waals surface area contributed by atoms with Gasteiger partial charge in [0, 0.05) is 9.26 Å². The average molecular weight is 496 g/mol. The largest absolute Gasteiger partial charge is 0.322 e. The Balaban J connectivity index is 1.86. The van der Waals surface area contributed by atoms with Crippen LogP contribution in [-0.2, 0) is 10.0 Å². The summed E-state index contributed by atoms with van der Waals surface area (Å²) in [6.07, 6.45) is 0. The van der Waals surface area contributed by atoms with Gasteiger partial charge in [0.1, 0.15) is 5.82 Å². The molecule has 0 aromatic heterocycles. The van der Waals surface area contributed by atoms with Crippen LogP contribution in [0.1, 0.15) is 10.4 Å². The summed E-state index contributed by atoms with van der Waals surface area (Å²) in [6.45, 7) is 0. The fraction of sp³-hybridized carbons (Fsp3) is 0. The predicted molar refractivity (Wildman–Crippen MR) is 111 cm³/mol. The first-order valence-corrected chi connectivity index (χ1v) is 10.4. The molecule has 0 aliphatic carbocycles. The Labute approximate surface area is 169 Å². The van der Waals surface area contributed by atoms with Gasteiger partial charge >= 0.3 is 0 Å². The van der Waals surface area contributed by atoms with Gasteiger partial charge in [-0.05, 0) is 83.3 Å². The zero-order chi connectivity index (χ0) is 19.4. The van der Waals surface area contributed by atoms with Gasteiger partial charge in [0.25, 0.3) is 15.9 Å². The SMILES string of the molecule is O=C(Nc1ccc(I)cc1)c1ccccc1NS(=O)(=O)c1ccc(F)cc1. The third kappa shape index (κ3) is 4.83. The van der Waals surface area contributed by atoms with Gasteiger partial charge in [-0.15, -0.1) is 0 Å². The fourth-order valence-electron chi connectivity index (χ4n) is 2.32. The Bertz CT molecular complexity index is 1070. The Morgan fingerprint density at radius 3 is 2.19 bits per heavy atom. The first kappa shape index (κ1) is 19.3. The van der Waals surface area contributed by atoms with Crippen LogP contribution in [0.5, 0.6) is 0 Å². The van der Waals surface area contributed by atoms with Crippen LogP contribution in [-0.4, -0.2) is 14.3 Å². The lowest BCUT2D eigenvalue weighted by Gasteiger charge is -2.13. The number of nitrogens with one attached hydrogen (secondary N) is 2. The number of para-hydroxylation sites is 1. The van der Waals surface area contributed by atoms with E-state index in [1.165, 1.54) is 12.1 Å². The predicted octanol–water partition coefficient (Wildman–Crippen LogP) is 4.48. The molecule has 0 heterocycles. The van der Waals surface area contributed by atoms with E-state index in [1.54, 1.807) is 24.3 Å². The molecule has 0 aliphatic rings. The number of halogens is 2. The monoisotopic (exact) mass is 496 g/mol. The van der Waals surface area contributed by atoms with E-state index in [-0.39, 0.29) is 16.1 Å². The Morgan fingerprint density at radius 2 is 1.52 bits per heavy atom. The highest BCUT2D eigenvalue weighted by Crippen LogP contribution is 2.22. The minimum atomic E-state index is -3.96. The van der Waals surface area contributed by atoms with E-state index in [2.05, 4.69) is 32.6 Å². The van der Waals surface area contributed by atoms with Crippen LogP contribution in [0.3, 0.4) is 0 Å². The summed E-state index contributed by atoms with van der Waals surface area (Å²) in [4.78, 5) is 12.5. The topological polar surface area (TPSA) is 75.3 Å². The van der Waals surface area contributed by atoms with Crippen molar-refractivity contribution in [1.82, 2.24) is 0 Å². The van der Waals surface area contributed by atoms with Crippen LogP contribution in [0, 0.1) is 9.39 Å². The van der Waals surface area contributed by atoms with Gasteiger partial charge < -0.3 is 5.32 Å². The number of rotatable bonds is 5. The number of hydrogen-bond acceptors (Lipinski definition) is 3. The fourth-order valence-corrected chi connectivity index (χ4v) is 3.76. The number of amides is 1. The number of carbonyl (C=O) groups excluding carboxylic acids is 1. The Kier molecular flexibility index (Phi) is 5.76. The van der Waals surface area contributed by atoms with E-state index in [9.17, 15) is 17.6 Å². The maximum atomic E-state index is 13.0. The van der Waals surface area contributed by atoms with Crippen LogP contribution in [0.25, 0.3) is 0 Å². The van der Waals surface area contributed by atoms with Crippen molar-refractivity contribution in [3.8, 4) is 0 Å². The molecule has 3 aromatic carbocycles. The first-order valence-electron chi connectivity index (χ1n) is 7.79. The van der Waals surface area contributed by atoms with Gasteiger partial charge in [0.05, 0.1) is 16.1 Å². The Morgan fingerprint density at radius 1 is 0.889 bits per heavy atom. The molecule has 0 atom stereocenters. The molecule has 3 rings (SSSR count). The highest BCUT2D eigenvalue weighted by Gasteiger charge is 2.18. The molecule has 0 spiro atoms. The number of carbonyl (C=O) groups is 1. The Hall–Kier alpha value is -2.46. The first-order chi connectivity index (χ1) is 12.8. The maximum Gasteiger partial charge on any atom is 0.261 e. The second kappa shape index (κ2) is 8.05. The van der Waals surface area contributed by atoms with Gasteiger partial charge in [0.2, 0.25) is 0 Å². The zero-order valence-corrected chi connectivity index (χ0v) is 16.8. The van der Waals surface area contributed by atoms with Crippen molar-refractivity contribution in [2.75, 3.05) is 10.0 Å². The molecule has 0 radical (unpaired) electrons. The normalized spacial score (nSPS) is 11.0. The lowest BCUT2D eigenvalue weighted by Crippen LogP contribution is -2.18. The third-order valence-corrected chi connectivity index (χ3v) is 5.74. The highest BCUT2D eigenvalue weighted by molar-refractivity contribution is 14.1. The van der Waals surface area contributed by atoms with Crippen molar-refractivity contribution < 1.29 is 17.6 Å². The molecule has 0 saturated heterocycles. The van der Waals surface area contributed by atoms with E-state index in [1.807, 2.05) is 12.1 Å². The summed E-state index contributed by atoms with van der Waals surface area (Å²) in [5.74, 6) is -0.986. The summed E-state index contributed by atoms with van der Waals surface area (Å²) in [6, 6.07) is 17.9. The standard InChI is InChI=1S/C19H14FIN2O3S/c20-13-5-11-16(12-6-13)27(25,26)23-18-4-2-1-3-17(18)19(24)22-15-9-7-14(21)8-10-15/h1-12,23H,(H,22,24). The summed E-state index contributed by atoms with van der Waals surface area (Å²) < 4.78 is 41.5. The molecule has 0 fully saturated rings. The summed E-state index contributed by atoms with van der Waals surface area (Å²) in [7, 11) is -3.96. The van der Waals surface area contributed by atoms with Gasteiger partial charge in [-0.1, -0.05) is 12.1 Å². The quantitative estimate of drug-likeness (QED) is 0.512. The number of anilines is 2. The van der Waals surface area contributed by atoms with Gasteiger partial charge in [-0.2, -0.15) is 0 Å². The molecule has 5 nitrogen and oxygen atoms in total. The van der Waals surface area contributed by atoms with Gasteiger partial charge in [0.15, 0.2) is 0 Å². The molecular formula is C19H14FIN2O3S. The number of benzene rings is 3. The second-order valence-electron chi connectivity index (χ2n) is 5.57. The highest BCUT2D eigenvalue weighted by atomic mass is 127. The molecule has 0 aliphatic heterocycles. The average Bonchev–Trinajstić information content (AvgIpc) is 2.64. The van der Waals surface area contributed by atoms with Gasteiger partial charge in [-0.25, -0.2) is 12.8 Å². The lowest BCUT2D eigenvalue weighted by atomic mass is 10.1. The molecule has 27 heavy (non-hydrogen) atoms. The molecular weight excluding hydrogens is 482 g/mol. The molecule has 3 aromatic rings. The van der Waals surface area contributed by atoms with Crippen LogP contribution >= 0.6 is 22.6 Å². The van der Waals surface area contributed by atoms with Crippen molar-refractivity contribution in [1.29, 1.82) is 0 Å². The second-order valence-corrected chi connectivity index (χ2v) is 8.49. The maximum absolute atomic E-state index is 13.0. The molecule has 138 valence electrons. The van der Waals surface area contributed by atoms with Crippen LogP contribution in [0.4, 0.5) is 15.8 Å². The van der Waals surface area contributed by atoms with Crippen molar-refractivity contribution in [2.45, 2.75) is 4.90 Å². The summed E-state index contributed by atoms with van der Waals surface area (Å²) in [5.41, 5.74) is 0.892. The number of hydrogen-bond donors (Lipinski definition) is 2. The third-order valence-electron chi connectivity index (χ3n) is 3.64. The van der Waals surface area contributed by atoms with E-state index < -0.39 is 21.7 Å². The van der Waals surface area contributed by atoms with Crippen LogP contribution in [0.2, 0.25) is 0 Å².